The Morgan fingerprint density at radius 1 is 1.28 bits per heavy atom. The van der Waals surface area contributed by atoms with Gasteiger partial charge in [-0.15, -0.1) is 11.3 Å². The minimum absolute atomic E-state index is 0.293. The Labute approximate surface area is 111 Å². The predicted octanol–water partition coefficient (Wildman–Crippen LogP) is 3.99. The third kappa shape index (κ3) is 2.02. The van der Waals surface area contributed by atoms with Crippen LogP contribution < -0.4 is 0 Å². The molecule has 6 heteroatoms. The van der Waals surface area contributed by atoms with Crippen molar-refractivity contribution in [1.29, 1.82) is 0 Å². The molecular formula is C12H7ClFN3S. The van der Waals surface area contributed by atoms with Crippen LogP contribution in [0.25, 0.3) is 22.1 Å². The zero-order chi connectivity index (χ0) is 12.5. The van der Waals surface area contributed by atoms with Crippen LogP contribution in [-0.2, 0) is 0 Å². The molecule has 0 bridgehead atoms. The highest BCUT2D eigenvalue weighted by atomic mass is 35.5. The molecular weight excluding hydrogens is 273 g/mol. The summed E-state index contributed by atoms with van der Waals surface area (Å²) in [5.41, 5.74) is 0.293. The Morgan fingerprint density at radius 3 is 2.94 bits per heavy atom. The number of aromatic nitrogens is 3. The number of hydrogen-bond donors (Lipinski definition) is 1. The van der Waals surface area contributed by atoms with Gasteiger partial charge in [-0.2, -0.15) is 5.10 Å². The van der Waals surface area contributed by atoms with Gasteiger partial charge in [-0.25, -0.2) is 9.37 Å². The summed E-state index contributed by atoms with van der Waals surface area (Å²) in [5.74, 6) is 0.536. The summed E-state index contributed by atoms with van der Waals surface area (Å²) in [6.07, 6.45) is 0. The lowest BCUT2D eigenvalue weighted by atomic mass is 10.2. The fourth-order valence-corrected chi connectivity index (χ4v) is 2.41. The Morgan fingerprint density at radius 2 is 2.17 bits per heavy atom. The molecule has 18 heavy (non-hydrogen) atoms. The van der Waals surface area contributed by atoms with Gasteiger partial charge in [0.15, 0.2) is 11.6 Å². The average Bonchev–Trinajstić information content (AvgIpc) is 3.00. The molecule has 0 amide bonds. The minimum Gasteiger partial charge on any atom is -0.258 e. The summed E-state index contributed by atoms with van der Waals surface area (Å²) >= 11 is 7.38. The van der Waals surface area contributed by atoms with Crippen LogP contribution in [0.1, 0.15) is 0 Å². The minimum atomic E-state index is -0.392. The number of benzene rings is 1. The van der Waals surface area contributed by atoms with Crippen molar-refractivity contribution in [1.82, 2.24) is 15.2 Å². The maximum Gasteiger partial charge on any atom is 0.184 e. The van der Waals surface area contributed by atoms with E-state index in [0.717, 1.165) is 4.88 Å². The summed E-state index contributed by atoms with van der Waals surface area (Å²) in [4.78, 5) is 5.22. The van der Waals surface area contributed by atoms with Gasteiger partial charge in [0, 0.05) is 5.02 Å². The predicted molar refractivity (Wildman–Crippen MR) is 70.1 cm³/mol. The van der Waals surface area contributed by atoms with E-state index in [1.807, 2.05) is 17.5 Å². The average molecular weight is 280 g/mol. The maximum atomic E-state index is 13.7. The molecule has 0 saturated carbocycles. The lowest BCUT2D eigenvalue weighted by Gasteiger charge is -1.97. The van der Waals surface area contributed by atoms with Crippen LogP contribution >= 0.6 is 22.9 Å². The van der Waals surface area contributed by atoms with Crippen molar-refractivity contribution in [2.45, 2.75) is 0 Å². The molecule has 0 fully saturated rings. The second-order valence-corrected chi connectivity index (χ2v) is 4.99. The zero-order valence-electron chi connectivity index (χ0n) is 9.02. The quantitative estimate of drug-likeness (QED) is 0.770. The lowest BCUT2D eigenvalue weighted by Crippen LogP contribution is -1.86. The molecule has 2 heterocycles. The molecule has 0 aliphatic carbocycles. The molecule has 3 aromatic rings. The van der Waals surface area contributed by atoms with E-state index in [2.05, 4.69) is 15.2 Å². The van der Waals surface area contributed by atoms with Crippen molar-refractivity contribution in [3.63, 3.8) is 0 Å². The number of H-pyrrole nitrogens is 1. The van der Waals surface area contributed by atoms with Gasteiger partial charge in [0.2, 0.25) is 0 Å². The molecule has 0 radical (unpaired) electrons. The van der Waals surface area contributed by atoms with Gasteiger partial charge in [0.05, 0.1) is 10.4 Å². The van der Waals surface area contributed by atoms with Gasteiger partial charge in [-0.3, -0.25) is 5.10 Å². The van der Waals surface area contributed by atoms with Gasteiger partial charge in [0.25, 0.3) is 0 Å². The van der Waals surface area contributed by atoms with E-state index in [1.165, 1.54) is 29.5 Å². The molecule has 0 unspecified atom stereocenters. The first-order valence-corrected chi connectivity index (χ1v) is 6.41. The zero-order valence-corrected chi connectivity index (χ0v) is 10.6. The second kappa shape index (κ2) is 4.51. The van der Waals surface area contributed by atoms with Crippen LogP contribution in [0.4, 0.5) is 4.39 Å². The summed E-state index contributed by atoms with van der Waals surface area (Å²) in [6.45, 7) is 0. The molecule has 2 aromatic heterocycles. The molecule has 0 aliphatic heterocycles. The number of thiophene rings is 1. The highest BCUT2D eigenvalue weighted by Crippen LogP contribution is 2.26. The first-order valence-electron chi connectivity index (χ1n) is 5.16. The van der Waals surface area contributed by atoms with E-state index in [9.17, 15) is 4.39 Å². The summed E-state index contributed by atoms with van der Waals surface area (Å²) in [6, 6.07) is 8.15. The third-order valence-corrected chi connectivity index (χ3v) is 3.52. The molecule has 0 aliphatic rings. The molecule has 0 saturated heterocycles. The third-order valence-electron chi connectivity index (χ3n) is 2.41. The van der Waals surface area contributed by atoms with E-state index in [4.69, 9.17) is 11.6 Å². The van der Waals surface area contributed by atoms with Crippen molar-refractivity contribution in [2.75, 3.05) is 0 Å². The van der Waals surface area contributed by atoms with Crippen LogP contribution in [0, 0.1) is 5.82 Å². The molecule has 90 valence electrons. The Hall–Kier alpha value is -1.72. The van der Waals surface area contributed by atoms with Gasteiger partial charge in [0.1, 0.15) is 5.82 Å². The van der Waals surface area contributed by atoms with Gasteiger partial charge in [-0.1, -0.05) is 17.7 Å². The largest absolute Gasteiger partial charge is 0.258 e. The van der Waals surface area contributed by atoms with Crippen molar-refractivity contribution in [3.05, 3.63) is 46.6 Å². The standard InChI is InChI=1S/C12H7ClFN3S/c13-7-3-4-9(14)8(6-7)11-15-12(17-16-11)10-2-1-5-18-10/h1-6H,(H,15,16,17). The van der Waals surface area contributed by atoms with Crippen molar-refractivity contribution < 1.29 is 4.39 Å². The van der Waals surface area contributed by atoms with E-state index in [-0.39, 0.29) is 0 Å². The molecule has 0 spiro atoms. The van der Waals surface area contributed by atoms with Gasteiger partial charge < -0.3 is 0 Å². The summed E-state index contributed by atoms with van der Waals surface area (Å²) < 4.78 is 13.7. The topological polar surface area (TPSA) is 41.6 Å². The SMILES string of the molecule is Fc1ccc(Cl)cc1-c1n[nH]c(-c2cccs2)n1. The fourth-order valence-electron chi connectivity index (χ4n) is 1.57. The first kappa shape index (κ1) is 11.4. The Balaban J connectivity index is 2.05. The lowest BCUT2D eigenvalue weighted by molar-refractivity contribution is 0.630. The van der Waals surface area contributed by atoms with Crippen LogP contribution in [0.3, 0.4) is 0 Å². The number of aromatic amines is 1. The van der Waals surface area contributed by atoms with Crippen LogP contribution in [-0.4, -0.2) is 15.2 Å². The van der Waals surface area contributed by atoms with Crippen molar-refractivity contribution in [2.24, 2.45) is 0 Å². The normalized spacial score (nSPS) is 10.8. The molecule has 3 rings (SSSR count). The molecule has 3 nitrogen and oxygen atoms in total. The van der Waals surface area contributed by atoms with Crippen LogP contribution in [0.5, 0.6) is 0 Å². The number of rotatable bonds is 2. The molecule has 1 N–H and O–H groups in total. The highest BCUT2D eigenvalue weighted by Gasteiger charge is 2.12. The Kier molecular flexibility index (Phi) is 2.85. The number of hydrogen-bond acceptors (Lipinski definition) is 3. The fraction of sp³-hybridized carbons (Fsp3) is 0. The molecule has 0 atom stereocenters. The second-order valence-electron chi connectivity index (χ2n) is 3.61. The molecule has 1 aromatic carbocycles. The van der Waals surface area contributed by atoms with Gasteiger partial charge in [-0.05, 0) is 29.6 Å². The number of halogens is 2. The summed E-state index contributed by atoms with van der Waals surface area (Å²) in [7, 11) is 0. The van der Waals surface area contributed by atoms with Crippen molar-refractivity contribution >= 4 is 22.9 Å². The van der Waals surface area contributed by atoms with E-state index in [0.29, 0.717) is 22.2 Å². The maximum absolute atomic E-state index is 13.7. The monoisotopic (exact) mass is 279 g/mol. The van der Waals surface area contributed by atoms with Gasteiger partial charge >= 0.3 is 0 Å². The summed E-state index contributed by atoms with van der Waals surface area (Å²) in [5, 5.41) is 9.20. The first-order chi connectivity index (χ1) is 8.74. The number of nitrogens with one attached hydrogen (secondary N) is 1. The van der Waals surface area contributed by atoms with E-state index in [1.54, 1.807) is 0 Å². The van der Waals surface area contributed by atoms with Crippen LogP contribution in [0.2, 0.25) is 5.02 Å². The highest BCUT2D eigenvalue weighted by molar-refractivity contribution is 7.13. The number of nitrogens with zero attached hydrogens (tertiary/aromatic N) is 2. The Bertz CT molecular complexity index is 678. The van der Waals surface area contributed by atoms with Crippen molar-refractivity contribution in [3.8, 4) is 22.1 Å². The van der Waals surface area contributed by atoms with E-state index >= 15 is 0 Å². The van der Waals surface area contributed by atoms with Crippen LogP contribution in [0.15, 0.2) is 35.7 Å². The smallest absolute Gasteiger partial charge is 0.184 e. The van der Waals surface area contributed by atoms with E-state index < -0.39 is 5.82 Å².